The van der Waals surface area contributed by atoms with E-state index in [1.54, 1.807) is 0 Å². The zero-order chi connectivity index (χ0) is 9.90. The minimum Gasteiger partial charge on any atom is -0.0917 e. The van der Waals surface area contributed by atoms with Crippen LogP contribution in [0.1, 0.15) is 40.5 Å². The molecule has 74 valence electrons. The Hall–Kier alpha value is -0.520. The van der Waals surface area contributed by atoms with E-state index in [-0.39, 0.29) is 0 Å². The van der Waals surface area contributed by atoms with E-state index in [0.717, 1.165) is 11.8 Å². The molecule has 0 N–H and O–H groups in total. The average Bonchev–Trinajstić information content (AvgIpc) is 2.02. The van der Waals surface area contributed by atoms with Gasteiger partial charge in [-0.15, -0.1) is 0 Å². The molecule has 0 aromatic rings. The summed E-state index contributed by atoms with van der Waals surface area (Å²) in [6.07, 6.45) is 11.7. The van der Waals surface area contributed by atoms with Crippen molar-refractivity contribution in [1.29, 1.82) is 0 Å². The maximum Gasteiger partial charge on any atom is -0.0225 e. The topological polar surface area (TPSA) is 0 Å². The minimum atomic E-state index is 0.480. The lowest BCUT2D eigenvalue weighted by Crippen LogP contribution is -2.30. The average molecular weight is 178 g/mol. The first-order chi connectivity index (χ1) is 6.08. The molecular formula is C13H22. The van der Waals surface area contributed by atoms with Crippen LogP contribution in [0.25, 0.3) is 0 Å². The molecule has 1 aliphatic carbocycles. The van der Waals surface area contributed by atoms with Gasteiger partial charge in [-0.2, -0.15) is 0 Å². The van der Waals surface area contributed by atoms with Gasteiger partial charge in [-0.05, 0) is 37.0 Å². The van der Waals surface area contributed by atoms with Gasteiger partial charge in [-0.1, -0.05) is 45.1 Å². The van der Waals surface area contributed by atoms with Gasteiger partial charge in [0.15, 0.2) is 0 Å². The van der Waals surface area contributed by atoms with Crippen LogP contribution in [0.3, 0.4) is 0 Å². The van der Waals surface area contributed by atoms with E-state index >= 15 is 0 Å². The fourth-order valence-electron chi connectivity index (χ4n) is 2.40. The predicted octanol–water partition coefficient (Wildman–Crippen LogP) is 4.19. The first-order valence-corrected chi connectivity index (χ1v) is 5.36. The molecule has 1 rings (SSSR count). The summed E-state index contributed by atoms with van der Waals surface area (Å²) in [5, 5.41) is 0. The summed E-state index contributed by atoms with van der Waals surface area (Å²) in [5.41, 5.74) is 0.480. The molecule has 13 heavy (non-hydrogen) atoms. The van der Waals surface area contributed by atoms with E-state index in [2.05, 4.69) is 52.0 Å². The lowest BCUT2D eigenvalue weighted by molar-refractivity contribution is 0.162. The largest absolute Gasteiger partial charge is 0.0917 e. The molecule has 0 unspecified atom stereocenters. The quantitative estimate of drug-likeness (QED) is 0.556. The van der Waals surface area contributed by atoms with E-state index < -0.39 is 0 Å². The van der Waals surface area contributed by atoms with Crippen LogP contribution in [0.5, 0.6) is 0 Å². The van der Waals surface area contributed by atoms with Crippen LogP contribution >= 0.6 is 0 Å². The molecule has 0 aliphatic heterocycles. The van der Waals surface area contributed by atoms with Crippen molar-refractivity contribution in [3.63, 3.8) is 0 Å². The van der Waals surface area contributed by atoms with Gasteiger partial charge < -0.3 is 0 Å². The standard InChI is InChI=1S/C13H22/c1-5-6-9-12-11(2)8-7-10-13(12,3)4/h5-8,11-12H,9-10H2,1-4H3/b6-5+/t11-,12+/m0/s1. The Morgan fingerprint density at radius 3 is 2.69 bits per heavy atom. The van der Waals surface area contributed by atoms with Crippen molar-refractivity contribution < 1.29 is 0 Å². The van der Waals surface area contributed by atoms with Gasteiger partial charge in [0.1, 0.15) is 0 Å². The molecule has 0 nitrogen and oxygen atoms in total. The zero-order valence-electron chi connectivity index (χ0n) is 9.38. The normalized spacial score (nSPS) is 32.6. The maximum atomic E-state index is 2.39. The van der Waals surface area contributed by atoms with Crippen molar-refractivity contribution in [3.05, 3.63) is 24.3 Å². The van der Waals surface area contributed by atoms with E-state index in [9.17, 15) is 0 Å². The van der Waals surface area contributed by atoms with E-state index in [4.69, 9.17) is 0 Å². The Balaban J connectivity index is 2.71. The van der Waals surface area contributed by atoms with Crippen LogP contribution in [0.4, 0.5) is 0 Å². The lowest BCUT2D eigenvalue weighted by Gasteiger charge is -2.39. The highest BCUT2D eigenvalue weighted by Gasteiger charge is 2.32. The van der Waals surface area contributed by atoms with Gasteiger partial charge in [0.2, 0.25) is 0 Å². The summed E-state index contributed by atoms with van der Waals surface area (Å²) in [4.78, 5) is 0. The maximum absolute atomic E-state index is 2.39. The molecule has 0 saturated carbocycles. The summed E-state index contributed by atoms with van der Waals surface area (Å²) in [7, 11) is 0. The summed E-state index contributed by atoms with van der Waals surface area (Å²) in [6.45, 7) is 9.23. The van der Waals surface area contributed by atoms with Crippen molar-refractivity contribution in [1.82, 2.24) is 0 Å². The van der Waals surface area contributed by atoms with Crippen molar-refractivity contribution >= 4 is 0 Å². The van der Waals surface area contributed by atoms with E-state index in [0.29, 0.717) is 5.41 Å². The Morgan fingerprint density at radius 1 is 1.46 bits per heavy atom. The van der Waals surface area contributed by atoms with Gasteiger partial charge in [0, 0.05) is 0 Å². The van der Waals surface area contributed by atoms with Crippen LogP contribution in [0.2, 0.25) is 0 Å². The monoisotopic (exact) mass is 178 g/mol. The SMILES string of the molecule is C/C=C/C[C@@H]1[C@@H](C)C=CCC1(C)C. The van der Waals surface area contributed by atoms with Gasteiger partial charge in [-0.25, -0.2) is 0 Å². The third-order valence-electron chi connectivity index (χ3n) is 3.35. The number of hydrogen-bond acceptors (Lipinski definition) is 0. The highest BCUT2D eigenvalue weighted by atomic mass is 14.4. The molecule has 0 radical (unpaired) electrons. The van der Waals surface area contributed by atoms with Crippen LogP contribution in [-0.4, -0.2) is 0 Å². The molecule has 0 spiro atoms. The molecule has 0 amide bonds. The zero-order valence-corrected chi connectivity index (χ0v) is 9.38. The number of allylic oxidation sites excluding steroid dienone is 4. The Labute approximate surface area is 82.7 Å². The van der Waals surface area contributed by atoms with E-state index in [1.807, 2.05) is 0 Å². The Kier molecular flexibility index (Phi) is 3.35. The second-order valence-electron chi connectivity index (χ2n) is 4.89. The molecular weight excluding hydrogens is 156 g/mol. The van der Waals surface area contributed by atoms with Gasteiger partial charge in [0.05, 0.1) is 0 Å². The minimum absolute atomic E-state index is 0.480. The summed E-state index contributed by atoms with van der Waals surface area (Å²) >= 11 is 0. The summed E-state index contributed by atoms with van der Waals surface area (Å²) in [6, 6.07) is 0. The Morgan fingerprint density at radius 2 is 2.15 bits per heavy atom. The predicted molar refractivity (Wildman–Crippen MR) is 59.6 cm³/mol. The van der Waals surface area contributed by atoms with Crippen molar-refractivity contribution in [2.24, 2.45) is 17.3 Å². The molecule has 0 aromatic heterocycles. The smallest absolute Gasteiger partial charge is 0.0225 e. The van der Waals surface area contributed by atoms with Crippen LogP contribution < -0.4 is 0 Å². The fourth-order valence-corrected chi connectivity index (χ4v) is 2.40. The third kappa shape index (κ3) is 2.46. The van der Waals surface area contributed by atoms with Gasteiger partial charge in [0.25, 0.3) is 0 Å². The Bertz CT molecular complexity index is 208. The fraction of sp³-hybridized carbons (Fsp3) is 0.692. The molecule has 2 atom stereocenters. The first-order valence-electron chi connectivity index (χ1n) is 5.36. The molecule has 0 heteroatoms. The number of rotatable bonds is 2. The van der Waals surface area contributed by atoms with Crippen LogP contribution in [0, 0.1) is 17.3 Å². The number of hydrogen-bond donors (Lipinski definition) is 0. The van der Waals surface area contributed by atoms with Gasteiger partial charge >= 0.3 is 0 Å². The van der Waals surface area contributed by atoms with Crippen molar-refractivity contribution in [3.8, 4) is 0 Å². The second kappa shape index (κ2) is 4.13. The molecule has 0 fully saturated rings. The molecule has 1 aliphatic rings. The lowest BCUT2D eigenvalue weighted by atomic mass is 9.66. The molecule has 0 bridgehead atoms. The molecule has 0 saturated heterocycles. The van der Waals surface area contributed by atoms with E-state index in [1.165, 1.54) is 12.8 Å². The highest BCUT2D eigenvalue weighted by Crippen LogP contribution is 2.42. The summed E-state index contributed by atoms with van der Waals surface area (Å²) in [5.74, 6) is 1.55. The van der Waals surface area contributed by atoms with Crippen LogP contribution in [-0.2, 0) is 0 Å². The highest BCUT2D eigenvalue weighted by molar-refractivity contribution is 5.04. The summed E-state index contributed by atoms with van der Waals surface area (Å²) < 4.78 is 0. The van der Waals surface area contributed by atoms with Crippen LogP contribution in [0.15, 0.2) is 24.3 Å². The van der Waals surface area contributed by atoms with Gasteiger partial charge in [-0.3, -0.25) is 0 Å². The third-order valence-corrected chi connectivity index (χ3v) is 3.35. The second-order valence-corrected chi connectivity index (χ2v) is 4.89. The van der Waals surface area contributed by atoms with Crippen molar-refractivity contribution in [2.75, 3.05) is 0 Å². The molecule has 0 aromatic carbocycles. The first kappa shape index (κ1) is 10.6. The molecule has 0 heterocycles. The van der Waals surface area contributed by atoms with Crippen molar-refractivity contribution in [2.45, 2.75) is 40.5 Å².